The van der Waals surface area contributed by atoms with Gasteiger partial charge in [-0.1, -0.05) is 19.8 Å². The summed E-state index contributed by atoms with van der Waals surface area (Å²) in [5.41, 5.74) is -2.15. The largest absolute Gasteiger partial charge is 0.464 e. The van der Waals surface area contributed by atoms with Gasteiger partial charge in [0.1, 0.15) is 11.9 Å². The highest BCUT2D eigenvalue weighted by Crippen LogP contribution is 2.32. The molecule has 0 spiro atoms. The lowest BCUT2D eigenvalue weighted by molar-refractivity contribution is -0.145. The Balaban J connectivity index is 2.77. The number of carbonyl (C=O) groups excluding carboxylic acids is 2. The number of carbonyl (C=O) groups is 2. The van der Waals surface area contributed by atoms with Crippen molar-refractivity contribution in [3.8, 4) is 0 Å². The van der Waals surface area contributed by atoms with E-state index in [1.54, 1.807) is 0 Å². The number of halogens is 4. The number of nitrogens with one attached hydrogen (secondary N) is 1. The highest BCUT2D eigenvalue weighted by molar-refractivity contribution is 5.98. The van der Waals surface area contributed by atoms with Crippen LogP contribution in [0.1, 0.15) is 49.0 Å². The molecule has 1 amide bonds. The van der Waals surface area contributed by atoms with E-state index in [-0.39, 0.29) is 6.61 Å². The summed E-state index contributed by atoms with van der Waals surface area (Å²) in [6.45, 7) is 3.43. The molecule has 0 aliphatic carbocycles. The van der Waals surface area contributed by atoms with Crippen molar-refractivity contribution < 1.29 is 31.9 Å². The minimum atomic E-state index is -4.82. The Hall–Kier alpha value is -2.12. The van der Waals surface area contributed by atoms with Crippen LogP contribution < -0.4 is 5.32 Å². The Labute approximate surface area is 137 Å². The second-order valence-corrected chi connectivity index (χ2v) is 5.26. The standard InChI is InChI=1S/C16H19F4NO3/c1-3-4-5-8-24-15(23)10(2)21-14(22)12-9-11(17)6-7-13(12)16(18,19)20/h6-7,9-10H,3-5,8H2,1-2H3,(H,21,22). The van der Waals surface area contributed by atoms with Gasteiger partial charge < -0.3 is 10.1 Å². The van der Waals surface area contributed by atoms with Crippen LogP contribution in [0.4, 0.5) is 17.6 Å². The molecule has 0 bridgehead atoms. The van der Waals surface area contributed by atoms with E-state index in [1.165, 1.54) is 6.92 Å². The number of amides is 1. The Morgan fingerprint density at radius 2 is 1.92 bits per heavy atom. The minimum absolute atomic E-state index is 0.167. The van der Waals surface area contributed by atoms with Gasteiger partial charge in [0.2, 0.25) is 0 Å². The monoisotopic (exact) mass is 349 g/mol. The molecule has 0 heterocycles. The van der Waals surface area contributed by atoms with Crippen LogP contribution in [0, 0.1) is 5.82 Å². The van der Waals surface area contributed by atoms with Crippen molar-refractivity contribution in [3.63, 3.8) is 0 Å². The highest BCUT2D eigenvalue weighted by atomic mass is 19.4. The van der Waals surface area contributed by atoms with Crippen LogP contribution in [-0.2, 0) is 15.7 Å². The van der Waals surface area contributed by atoms with E-state index < -0.39 is 41.0 Å². The second-order valence-electron chi connectivity index (χ2n) is 5.26. The van der Waals surface area contributed by atoms with Crippen molar-refractivity contribution in [3.05, 3.63) is 35.1 Å². The number of benzene rings is 1. The fourth-order valence-electron chi connectivity index (χ4n) is 1.93. The van der Waals surface area contributed by atoms with Gasteiger partial charge in [-0.25, -0.2) is 9.18 Å². The normalized spacial score (nSPS) is 12.6. The summed E-state index contributed by atoms with van der Waals surface area (Å²) < 4.78 is 56.8. The molecule has 1 unspecified atom stereocenters. The van der Waals surface area contributed by atoms with Crippen LogP contribution in [0.2, 0.25) is 0 Å². The van der Waals surface area contributed by atoms with Gasteiger partial charge in [0.15, 0.2) is 0 Å². The van der Waals surface area contributed by atoms with E-state index in [0.29, 0.717) is 24.6 Å². The van der Waals surface area contributed by atoms with Crippen molar-refractivity contribution in [2.45, 2.75) is 45.3 Å². The van der Waals surface area contributed by atoms with E-state index in [9.17, 15) is 27.2 Å². The van der Waals surface area contributed by atoms with E-state index in [0.717, 1.165) is 12.8 Å². The molecule has 0 fully saturated rings. The summed E-state index contributed by atoms with van der Waals surface area (Å²) >= 11 is 0. The average molecular weight is 349 g/mol. The fourth-order valence-corrected chi connectivity index (χ4v) is 1.93. The molecular formula is C16H19F4NO3. The lowest BCUT2D eigenvalue weighted by Crippen LogP contribution is -2.40. The van der Waals surface area contributed by atoms with Gasteiger partial charge in [-0.05, 0) is 31.5 Å². The van der Waals surface area contributed by atoms with Crippen molar-refractivity contribution >= 4 is 11.9 Å². The zero-order chi connectivity index (χ0) is 18.3. The molecule has 0 aromatic heterocycles. The van der Waals surface area contributed by atoms with Gasteiger partial charge in [0.25, 0.3) is 5.91 Å². The molecule has 8 heteroatoms. The topological polar surface area (TPSA) is 55.4 Å². The lowest BCUT2D eigenvalue weighted by atomic mass is 10.1. The molecule has 0 aliphatic heterocycles. The predicted octanol–water partition coefficient (Wildman–Crippen LogP) is 3.70. The fraction of sp³-hybridized carbons (Fsp3) is 0.500. The molecule has 1 aromatic rings. The van der Waals surface area contributed by atoms with E-state index in [2.05, 4.69) is 5.32 Å². The third kappa shape index (κ3) is 5.82. The van der Waals surface area contributed by atoms with Crippen LogP contribution in [0.5, 0.6) is 0 Å². The SMILES string of the molecule is CCCCCOC(=O)C(C)NC(=O)c1cc(F)ccc1C(F)(F)F. The van der Waals surface area contributed by atoms with Crippen LogP contribution >= 0.6 is 0 Å². The molecule has 4 nitrogen and oxygen atoms in total. The zero-order valence-electron chi connectivity index (χ0n) is 13.4. The predicted molar refractivity (Wildman–Crippen MR) is 78.8 cm³/mol. The molecule has 0 saturated carbocycles. The second kappa shape index (κ2) is 8.65. The van der Waals surface area contributed by atoms with E-state index in [4.69, 9.17) is 4.74 Å². The third-order valence-corrected chi connectivity index (χ3v) is 3.23. The maximum Gasteiger partial charge on any atom is 0.417 e. The van der Waals surface area contributed by atoms with Crippen molar-refractivity contribution in [1.29, 1.82) is 0 Å². The van der Waals surface area contributed by atoms with Crippen molar-refractivity contribution in [2.24, 2.45) is 0 Å². The van der Waals surface area contributed by atoms with Gasteiger partial charge in [0, 0.05) is 0 Å². The molecule has 1 atom stereocenters. The number of hydrogen-bond donors (Lipinski definition) is 1. The van der Waals surface area contributed by atoms with Gasteiger partial charge in [-0.2, -0.15) is 13.2 Å². The van der Waals surface area contributed by atoms with Gasteiger partial charge in [-0.15, -0.1) is 0 Å². The first-order valence-corrected chi connectivity index (χ1v) is 7.51. The number of unbranched alkanes of at least 4 members (excludes halogenated alkanes) is 2. The number of hydrogen-bond acceptors (Lipinski definition) is 3. The van der Waals surface area contributed by atoms with Crippen molar-refractivity contribution in [2.75, 3.05) is 6.61 Å². The molecule has 24 heavy (non-hydrogen) atoms. The summed E-state index contributed by atoms with van der Waals surface area (Å²) in [5, 5.41) is 2.10. The van der Waals surface area contributed by atoms with Crippen LogP contribution in [0.25, 0.3) is 0 Å². The Morgan fingerprint density at radius 1 is 1.25 bits per heavy atom. The minimum Gasteiger partial charge on any atom is -0.464 e. The Kier molecular flexibility index (Phi) is 7.18. The quantitative estimate of drug-likeness (QED) is 0.464. The first kappa shape index (κ1) is 19.9. The maximum absolute atomic E-state index is 13.2. The average Bonchev–Trinajstić information content (AvgIpc) is 2.49. The number of esters is 1. The van der Waals surface area contributed by atoms with Gasteiger partial charge in [0.05, 0.1) is 17.7 Å². The van der Waals surface area contributed by atoms with E-state index in [1.807, 2.05) is 6.92 Å². The molecule has 1 rings (SSSR count). The Bertz CT molecular complexity index is 587. The Morgan fingerprint density at radius 3 is 2.50 bits per heavy atom. The molecule has 0 saturated heterocycles. The molecular weight excluding hydrogens is 330 g/mol. The summed E-state index contributed by atoms with van der Waals surface area (Å²) in [5.74, 6) is -2.94. The number of rotatable bonds is 7. The van der Waals surface area contributed by atoms with Gasteiger partial charge >= 0.3 is 12.1 Å². The zero-order valence-corrected chi connectivity index (χ0v) is 13.4. The highest BCUT2D eigenvalue weighted by Gasteiger charge is 2.36. The molecule has 0 radical (unpaired) electrons. The molecule has 0 aliphatic rings. The molecule has 1 aromatic carbocycles. The van der Waals surface area contributed by atoms with Crippen LogP contribution in [0.15, 0.2) is 18.2 Å². The number of alkyl halides is 3. The molecule has 134 valence electrons. The summed E-state index contributed by atoms with van der Waals surface area (Å²) in [6.07, 6.45) is -2.36. The van der Waals surface area contributed by atoms with Crippen LogP contribution in [0.3, 0.4) is 0 Å². The summed E-state index contributed by atoms with van der Waals surface area (Å²) in [4.78, 5) is 23.7. The van der Waals surface area contributed by atoms with Gasteiger partial charge in [-0.3, -0.25) is 4.79 Å². The smallest absolute Gasteiger partial charge is 0.417 e. The maximum atomic E-state index is 13.2. The first-order chi connectivity index (χ1) is 11.2. The first-order valence-electron chi connectivity index (χ1n) is 7.51. The van der Waals surface area contributed by atoms with E-state index >= 15 is 0 Å². The number of ether oxygens (including phenoxy) is 1. The molecule has 1 N–H and O–H groups in total. The lowest BCUT2D eigenvalue weighted by Gasteiger charge is -2.16. The third-order valence-electron chi connectivity index (χ3n) is 3.23. The van der Waals surface area contributed by atoms with Crippen molar-refractivity contribution in [1.82, 2.24) is 5.32 Å². The summed E-state index contributed by atoms with van der Waals surface area (Å²) in [6, 6.07) is 0.434. The summed E-state index contributed by atoms with van der Waals surface area (Å²) in [7, 11) is 0. The van der Waals surface area contributed by atoms with Crippen LogP contribution in [-0.4, -0.2) is 24.5 Å².